The summed E-state index contributed by atoms with van der Waals surface area (Å²) in [5.41, 5.74) is 1.85. The third-order valence-corrected chi connectivity index (χ3v) is 4.10. The van der Waals surface area contributed by atoms with Crippen molar-refractivity contribution in [2.75, 3.05) is 18.5 Å². The van der Waals surface area contributed by atoms with Gasteiger partial charge in [-0.05, 0) is 12.1 Å². The fourth-order valence-corrected chi connectivity index (χ4v) is 2.76. The lowest BCUT2D eigenvalue weighted by Gasteiger charge is -2.11. The number of carbonyl (C=O) groups is 1. The number of nitrogens with zero attached hydrogens (tertiary/aromatic N) is 1. The monoisotopic (exact) mass is 370 g/mol. The van der Waals surface area contributed by atoms with Crippen LogP contribution in [0.5, 0.6) is 11.5 Å². The molecular weight excluding hydrogens is 356 g/mol. The Hall–Kier alpha value is -2.99. The number of nitrogens with one attached hydrogen (secondary N) is 1. The van der Waals surface area contributed by atoms with E-state index in [2.05, 4.69) is 10.3 Å². The predicted octanol–water partition coefficient (Wildman–Crippen LogP) is 4.29. The standard InChI is InChI=1S/C19H15ClN2O4/c20-12-10-16-17(25-9-3-8-24-16)11-14(12)21-18(23)6-7-19-22-13-4-1-2-5-15(13)26-19/h1-2,4-7,10-11H,3,8-9H2,(H,21,23)/b7-6+. The van der Waals surface area contributed by atoms with Crippen LogP contribution in [0.15, 0.2) is 46.9 Å². The molecule has 1 N–H and O–H groups in total. The third-order valence-electron chi connectivity index (χ3n) is 3.78. The summed E-state index contributed by atoms with van der Waals surface area (Å²) in [7, 11) is 0. The maximum absolute atomic E-state index is 12.2. The van der Waals surface area contributed by atoms with E-state index in [4.69, 9.17) is 25.5 Å². The molecule has 1 amide bonds. The summed E-state index contributed by atoms with van der Waals surface area (Å²) in [6, 6.07) is 10.7. The van der Waals surface area contributed by atoms with Crippen LogP contribution in [0.1, 0.15) is 12.3 Å². The van der Waals surface area contributed by atoms with Gasteiger partial charge in [-0.1, -0.05) is 23.7 Å². The number of aromatic nitrogens is 1. The summed E-state index contributed by atoms with van der Waals surface area (Å²) in [4.78, 5) is 16.5. The molecule has 1 aliphatic heterocycles. The molecule has 0 saturated heterocycles. The first kappa shape index (κ1) is 16.5. The lowest BCUT2D eigenvalue weighted by Crippen LogP contribution is -2.08. The lowest BCUT2D eigenvalue weighted by molar-refractivity contribution is -0.111. The molecule has 0 saturated carbocycles. The second kappa shape index (κ2) is 7.09. The minimum Gasteiger partial charge on any atom is -0.490 e. The van der Waals surface area contributed by atoms with E-state index >= 15 is 0 Å². The molecule has 7 heteroatoms. The van der Waals surface area contributed by atoms with Crippen LogP contribution in [0.25, 0.3) is 17.2 Å². The number of carbonyl (C=O) groups excluding carboxylic acids is 1. The van der Waals surface area contributed by atoms with Gasteiger partial charge in [-0.15, -0.1) is 0 Å². The van der Waals surface area contributed by atoms with Crippen molar-refractivity contribution in [2.45, 2.75) is 6.42 Å². The molecule has 0 aliphatic carbocycles. The van der Waals surface area contributed by atoms with Gasteiger partial charge in [0.1, 0.15) is 5.52 Å². The van der Waals surface area contributed by atoms with E-state index in [1.165, 1.54) is 12.2 Å². The number of hydrogen-bond donors (Lipinski definition) is 1. The van der Waals surface area contributed by atoms with Crippen LogP contribution >= 0.6 is 11.6 Å². The first-order valence-electron chi connectivity index (χ1n) is 8.13. The van der Waals surface area contributed by atoms with E-state index in [1.807, 2.05) is 24.3 Å². The fourth-order valence-electron chi connectivity index (χ4n) is 2.56. The van der Waals surface area contributed by atoms with E-state index in [1.54, 1.807) is 12.1 Å². The summed E-state index contributed by atoms with van der Waals surface area (Å²) >= 11 is 6.22. The molecule has 26 heavy (non-hydrogen) atoms. The van der Waals surface area contributed by atoms with Gasteiger partial charge in [0.2, 0.25) is 11.8 Å². The summed E-state index contributed by atoms with van der Waals surface area (Å²) < 4.78 is 16.7. The molecule has 2 heterocycles. The zero-order chi connectivity index (χ0) is 17.9. The van der Waals surface area contributed by atoms with Crippen molar-refractivity contribution in [3.8, 4) is 11.5 Å². The van der Waals surface area contributed by atoms with Crippen molar-refractivity contribution >= 4 is 40.4 Å². The molecule has 1 aromatic heterocycles. The zero-order valence-electron chi connectivity index (χ0n) is 13.7. The Morgan fingerprint density at radius 3 is 2.73 bits per heavy atom. The van der Waals surface area contributed by atoms with Crippen LogP contribution in [-0.4, -0.2) is 24.1 Å². The number of ether oxygens (including phenoxy) is 2. The first-order valence-corrected chi connectivity index (χ1v) is 8.50. The number of anilines is 1. The van der Waals surface area contributed by atoms with Gasteiger partial charge >= 0.3 is 0 Å². The molecule has 2 aromatic carbocycles. The highest BCUT2D eigenvalue weighted by molar-refractivity contribution is 6.34. The minimum absolute atomic E-state index is 0.353. The quantitative estimate of drug-likeness (QED) is 0.696. The maximum atomic E-state index is 12.2. The number of halogens is 1. The van der Waals surface area contributed by atoms with Crippen LogP contribution in [0.3, 0.4) is 0 Å². The molecule has 1 aliphatic rings. The van der Waals surface area contributed by atoms with Crippen LogP contribution < -0.4 is 14.8 Å². The predicted molar refractivity (Wildman–Crippen MR) is 98.7 cm³/mol. The van der Waals surface area contributed by atoms with Crippen LogP contribution in [0.2, 0.25) is 5.02 Å². The van der Waals surface area contributed by atoms with E-state index in [-0.39, 0.29) is 5.91 Å². The minimum atomic E-state index is -0.358. The molecule has 0 radical (unpaired) electrons. The van der Waals surface area contributed by atoms with Crippen molar-refractivity contribution < 1.29 is 18.7 Å². The van der Waals surface area contributed by atoms with Gasteiger partial charge in [0.25, 0.3) is 0 Å². The van der Waals surface area contributed by atoms with E-state index < -0.39 is 0 Å². The number of oxazole rings is 1. The number of rotatable bonds is 3. The lowest BCUT2D eigenvalue weighted by atomic mass is 10.2. The Labute approximate surface area is 154 Å². The van der Waals surface area contributed by atoms with Gasteiger partial charge in [-0.2, -0.15) is 0 Å². The SMILES string of the molecule is O=C(/C=C/c1nc2ccccc2o1)Nc1cc2c(cc1Cl)OCCCO2. The molecule has 4 rings (SSSR count). The summed E-state index contributed by atoms with van der Waals surface area (Å²) in [5, 5.41) is 3.10. The largest absolute Gasteiger partial charge is 0.490 e. The number of hydrogen-bond acceptors (Lipinski definition) is 5. The van der Waals surface area contributed by atoms with Crippen molar-refractivity contribution in [1.29, 1.82) is 0 Å². The third kappa shape index (κ3) is 3.50. The van der Waals surface area contributed by atoms with Crippen molar-refractivity contribution in [3.05, 3.63) is 53.4 Å². The number of amides is 1. The highest BCUT2D eigenvalue weighted by Gasteiger charge is 2.15. The molecule has 0 atom stereocenters. The van der Waals surface area contributed by atoms with E-state index in [9.17, 15) is 4.79 Å². The van der Waals surface area contributed by atoms with Crippen molar-refractivity contribution in [1.82, 2.24) is 4.98 Å². The van der Waals surface area contributed by atoms with E-state index in [0.717, 1.165) is 11.9 Å². The van der Waals surface area contributed by atoms with Gasteiger partial charge in [-0.3, -0.25) is 4.79 Å². The van der Waals surface area contributed by atoms with Gasteiger partial charge in [-0.25, -0.2) is 4.98 Å². The van der Waals surface area contributed by atoms with Crippen molar-refractivity contribution in [3.63, 3.8) is 0 Å². The van der Waals surface area contributed by atoms with Gasteiger partial charge < -0.3 is 19.2 Å². The maximum Gasteiger partial charge on any atom is 0.248 e. The highest BCUT2D eigenvalue weighted by atomic mass is 35.5. The van der Waals surface area contributed by atoms with Crippen molar-refractivity contribution in [2.24, 2.45) is 0 Å². The second-order valence-corrected chi connectivity index (χ2v) is 6.08. The molecule has 6 nitrogen and oxygen atoms in total. The number of benzene rings is 2. The zero-order valence-corrected chi connectivity index (χ0v) is 14.5. The molecular formula is C19H15ClN2O4. The average Bonchev–Trinajstić information content (AvgIpc) is 2.92. The molecule has 3 aromatic rings. The molecule has 0 bridgehead atoms. The Kier molecular flexibility index (Phi) is 4.50. The first-order chi connectivity index (χ1) is 12.7. The molecule has 0 unspecified atom stereocenters. The second-order valence-electron chi connectivity index (χ2n) is 5.67. The summed E-state index contributed by atoms with van der Waals surface area (Å²) in [6.45, 7) is 1.13. The van der Waals surface area contributed by atoms with Gasteiger partial charge in [0, 0.05) is 30.7 Å². The number of para-hydroxylation sites is 2. The Bertz CT molecular complexity index is 963. The molecule has 0 fully saturated rings. The highest BCUT2D eigenvalue weighted by Crippen LogP contribution is 2.37. The van der Waals surface area contributed by atoms with Gasteiger partial charge in [0.15, 0.2) is 17.1 Å². The fraction of sp³-hybridized carbons (Fsp3) is 0.158. The van der Waals surface area contributed by atoms with Crippen LogP contribution in [0, 0.1) is 0 Å². The van der Waals surface area contributed by atoms with Crippen LogP contribution in [0.4, 0.5) is 5.69 Å². The molecule has 132 valence electrons. The van der Waals surface area contributed by atoms with E-state index in [0.29, 0.717) is 46.9 Å². The Morgan fingerprint density at radius 1 is 1.15 bits per heavy atom. The van der Waals surface area contributed by atoms with Crippen LogP contribution in [-0.2, 0) is 4.79 Å². The average molecular weight is 371 g/mol. The summed E-state index contributed by atoms with van der Waals surface area (Å²) in [6.07, 6.45) is 3.64. The number of fused-ring (bicyclic) bond motifs is 2. The molecule has 0 spiro atoms. The Balaban J connectivity index is 1.50. The summed E-state index contributed by atoms with van der Waals surface area (Å²) in [5.74, 6) is 1.13. The smallest absolute Gasteiger partial charge is 0.248 e. The topological polar surface area (TPSA) is 73.6 Å². The Morgan fingerprint density at radius 2 is 1.92 bits per heavy atom. The normalized spacial score (nSPS) is 13.7. The van der Waals surface area contributed by atoms with Gasteiger partial charge in [0.05, 0.1) is 23.9 Å².